The van der Waals surface area contributed by atoms with Crippen LogP contribution in [0.25, 0.3) is 55.2 Å². The van der Waals surface area contributed by atoms with E-state index in [0.29, 0.717) is 0 Å². The van der Waals surface area contributed by atoms with Crippen LogP contribution in [0.4, 0.5) is 0 Å². The Kier molecular flexibility index (Phi) is 2.18. The molecule has 0 saturated heterocycles. The summed E-state index contributed by atoms with van der Waals surface area (Å²) in [7, 11) is 0. The summed E-state index contributed by atoms with van der Waals surface area (Å²) in [5.74, 6) is 0. The van der Waals surface area contributed by atoms with Crippen molar-refractivity contribution >= 4 is 55.2 Å². The summed E-state index contributed by atoms with van der Waals surface area (Å²) in [6, 6.07) is 26.7. The predicted molar refractivity (Wildman–Crippen MR) is 105 cm³/mol. The monoisotopic (exact) mass is 302 g/mol. The molecule has 0 amide bonds. The average Bonchev–Trinajstić information content (AvgIpc) is 3.05. The minimum Gasteiger partial charge on any atom is -0.0616 e. The Bertz CT molecular complexity index is 1340. The third-order valence-electron chi connectivity index (χ3n) is 5.33. The van der Waals surface area contributed by atoms with Crippen molar-refractivity contribution in [3.63, 3.8) is 0 Å². The molecular formula is C24H14. The quantitative estimate of drug-likeness (QED) is 0.214. The largest absolute Gasteiger partial charge is 0.0616 e. The lowest BCUT2D eigenvalue weighted by molar-refractivity contribution is 1.76. The van der Waals surface area contributed by atoms with Gasteiger partial charge in [0.05, 0.1) is 0 Å². The second-order valence-corrected chi connectivity index (χ2v) is 6.65. The second-order valence-electron chi connectivity index (χ2n) is 6.65. The molecule has 1 aliphatic rings. The minimum absolute atomic E-state index is 1.30. The molecule has 6 rings (SSSR count). The predicted octanol–water partition coefficient (Wildman–Crippen LogP) is 6.78. The fraction of sp³-hybridized carbons (Fsp3) is 0. The van der Waals surface area contributed by atoms with E-state index >= 15 is 0 Å². The number of fused-ring (bicyclic) bond motifs is 5. The lowest BCUT2D eigenvalue weighted by Crippen LogP contribution is -1.85. The fourth-order valence-corrected chi connectivity index (χ4v) is 4.24. The van der Waals surface area contributed by atoms with Gasteiger partial charge in [0.15, 0.2) is 0 Å². The number of hydrogen-bond donors (Lipinski definition) is 0. The molecule has 0 aromatic heterocycles. The Morgan fingerprint density at radius 1 is 0.458 bits per heavy atom. The van der Waals surface area contributed by atoms with Crippen LogP contribution in [0, 0.1) is 0 Å². The van der Waals surface area contributed by atoms with E-state index in [2.05, 4.69) is 84.9 Å². The van der Waals surface area contributed by atoms with Gasteiger partial charge in [0, 0.05) is 0 Å². The van der Waals surface area contributed by atoms with Crippen molar-refractivity contribution in [1.82, 2.24) is 0 Å². The van der Waals surface area contributed by atoms with E-state index in [1.54, 1.807) is 0 Å². The molecule has 5 aromatic carbocycles. The summed E-state index contributed by atoms with van der Waals surface area (Å²) >= 11 is 0. The number of benzene rings is 5. The summed E-state index contributed by atoms with van der Waals surface area (Å²) in [4.78, 5) is 0. The Morgan fingerprint density at radius 2 is 1.17 bits per heavy atom. The van der Waals surface area contributed by atoms with Gasteiger partial charge in [-0.1, -0.05) is 66.7 Å². The van der Waals surface area contributed by atoms with E-state index < -0.39 is 0 Å². The summed E-state index contributed by atoms with van der Waals surface area (Å²) < 4.78 is 0. The maximum Gasteiger partial charge on any atom is -0.00259 e. The third kappa shape index (κ3) is 1.48. The molecule has 0 saturated carbocycles. The Hall–Kier alpha value is -3.12. The highest BCUT2D eigenvalue weighted by Crippen LogP contribution is 2.40. The van der Waals surface area contributed by atoms with Crippen molar-refractivity contribution in [2.24, 2.45) is 0 Å². The zero-order valence-corrected chi connectivity index (χ0v) is 13.1. The van der Waals surface area contributed by atoms with Crippen LogP contribution in [0.3, 0.4) is 0 Å². The first-order valence-electron chi connectivity index (χ1n) is 8.37. The van der Waals surface area contributed by atoms with Crippen molar-refractivity contribution in [3.05, 3.63) is 83.9 Å². The highest BCUT2D eigenvalue weighted by molar-refractivity contribution is 6.23. The van der Waals surface area contributed by atoms with Crippen molar-refractivity contribution < 1.29 is 0 Å². The van der Waals surface area contributed by atoms with Crippen LogP contribution in [-0.4, -0.2) is 0 Å². The summed E-state index contributed by atoms with van der Waals surface area (Å²) in [5.41, 5.74) is 2.71. The second kappa shape index (κ2) is 4.24. The molecule has 0 heterocycles. The molecule has 0 bridgehead atoms. The van der Waals surface area contributed by atoms with E-state index in [9.17, 15) is 0 Å². The highest BCUT2D eigenvalue weighted by Gasteiger charge is 2.14. The zero-order chi connectivity index (χ0) is 15.7. The first-order chi connectivity index (χ1) is 11.9. The molecule has 0 spiro atoms. The van der Waals surface area contributed by atoms with Gasteiger partial charge in [0.2, 0.25) is 0 Å². The lowest BCUT2D eigenvalue weighted by atomic mass is 9.92. The van der Waals surface area contributed by atoms with Crippen LogP contribution in [0.2, 0.25) is 0 Å². The average molecular weight is 302 g/mol. The van der Waals surface area contributed by atoms with Crippen molar-refractivity contribution in [2.45, 2.75) is 0 Å². The van der Waals surface area contributed by atoms with Gasteiger partial charge >= 0.3 is 0 Å². The minimum atomic E-state index is 1.30. The van der Waals surface area contributed by atoms with E-state index in [-0.39, 0.29) is 0 Å². The van der Waals surface area contributed by atoms with Gasteiger partial charge in [-0.15, -0.1) is 0 Å². The first-order valence-corrected chi connectivity index (χ1v) is 8.37. The van der Waals surface area contributed by atoms with Gasteiger partial charge in [0.25, 0.3) is 0 Å². The molecule has 110 valence electrons. The standard InChI is InChI=1S/C24H14/c1-2-5-17-14-22-18(12-16(17)4-1)8-9-20-13-19-7-3-6-15-10-11-21(23(15)19)24(20)22/h1-14H. The summed E-state index contributed by atoms with van der Waals surface area (Å²) in [5, 5.41) is 10.7. The molecule has 0 N–H and O–H groups in total. The molecular weight excluding hydrogens is 288 g/mol. The van der Waals surface area contributed by atoms with Crippen molar-refractivity contribution in [3.8, 4) is 0 Å². The van der Waals surface area contributed by atoms with Crippen LogP contribution in [0.15, 0.2) is 72.8 Å². The molecule has 1 aliphatic carbocycles. The summed E-state index contributed by atoms with van der Waals surface area (Å²) in [6.45, 7) is 0. The number of hydrogen-bond acceptors (Lipinski definition) is 0. The molecule has 0 radical (unpaired) electrons. The molecule has 0 heteroatoms. The maximum atomic E-state index is 2.35. The molecule has 5 aromatic rings. The van der Waals surface area contributed by atoms with E-state index in [1.165, 1.54) is 54.2 Å². The van der Waals surface area contributed by atoms with Gasteiger partial charge < -0.3 is 0 Å². The van der Waals surface area contributed by atoms with Crippen LogP contribution in [0.5, 0.6) is 0 Å². The fourth-order valence-electron chi connectivity index (χ4n) is 4.24. The SMILES string of the molecule is C1=Cc2c3c1cccc3cc1ccc3cc4ccccc4cc3c21. The van der Waals surface area contributed by atoms with Gasteiger partial charge in [-0.3, -0.25) is 0 Å². The van der Waals surface area contributed by atoms with Crippen LogP contribution < -0.4 is 0 Å². The van der Waals surface area contributed by atoms with Crippen LogP contribution >= 0.6 is 0 Å². The third-order valence-corrected chi connectivity index (χ3v) is 5.33. The topological polar surface area (TPSA) is 0 Å². The highest BCUT2D eigenvalue weighted by atomic mass is 14.2. The summed E-state index contributed by atoms with van der Waals surface area (Å²) in [6.07, 6.45) is 4.53. The number of rotatable bonds is 0. The Balaban J connectivity index is 1.91. The van der Waals surface area contributed by atoms with Crippen molar-refractivity contribution in [1.29, 1.82) is 0 Å². The molecule has 0 aliphatic heterocycles. The first kappa shape index (κ1) is 12.3. The maximum absolute atomic E-state index is 2.35. The molecule has 24 heavy (non-hydrogen) atoms. The van der Waals surface area contributed by atoms with Crippen LogP contribution in [-0.2, 0) is 0 Å². The van der Waals surface area contributed by atoms with E-state index in [0.717, 1.165) is 0 Å². The molecule has 0 fully saturated rings. The van der Waals surface area contributed by atoms with E-state index in [4.69, 9.17) is 0 Å². The van der Waals surface area contributed by atoms with Crippen LogP contribution in [0.1, 0.15) is 11.1 Å². The van der Waals surface area contributed by atoms with Gasteiger partial charge in [-0.05, 0) is 72.4 Å². The smallest absolute Gasteiger partial charge is 0.00259 e. The van der Waals surface area contributed by atoms with Gasteiger partial charge in [0.1, 0.15) is 0 Å². The molecule has 0 atom stereocenters. The zero-order valence-electron chi connectivity index (χ0n) is 13.1. The normalized spacial score (nSPS) is 12.8. The van der Waals surface area contributed by atoms with Gasteiger partial charge in [-0.2, -0.15) is 0 Å². The van der Waals surface area contributed by atoms with Crippen molar-refractivity contribution in [2.75, 3.05) is 0 Å². The Morgan fingerprint density at radius 3 is 2.08 bits per heavy atom. The van der Waals surface area contributed by atoms with Gasteiger partial charge in [-0.25, -0.2) is 0 Å². The lowest BCUT2D eigenvalue weighted by Gasteiger charge is -2.11. The molecule has 0 unspecified atom stereocenters. The molecule has 0 nitrogen and oxygen atoms in total. The Labute approximate surface area is 139 Å². The van der Waals surface area contributed by atoms with E-state index in [1.807, 2.05) is 0 Å².